The monoisotopic (exact) mass is 905 g/mol. The van der Waals surface area contributed by atoms with E-state index in [0.717, 1.165) is 0 Å². The summed E-state index contributed by atoms with van der Waals surface area (Å²) >= 11 is 0. The number of hydrogen-bond donors (Lipinski definition) is 0. The summed E-state index contributed by atoms with van der Waals surface area (Å²) in [5, 5.41) is 11.1. The summed E-state index contributed by atoms with van der Waals surface area (Å²) in [5.41, 5.74) is 16.9. The van der Waals surface area contributed by atoms with Crippen LogP contribution in [0.1, 0.15) is 185 Å². The second kappa shape index (κ2) is 20.4. The van der Waals surface area contributed by atoms with Gasteiger partial charge in [0, 0.05) is 0 Å². The molecule has 0 spiro atoms. The lowest BCUT2D eigenvalue weighted by Gasteiger charge is -2.29. The van der Waals surface area contributed by atoms with E-state index in [1.807, 2.05) is 0 Å². The fourth-order valence-corrected chi connectivity index (χ4v) is 10.4. The topological polar surface area (TPSA) is 0 Å². The standard InChI is InChI=1S/C19H26.C18H24.C16H20.C15H18/c1-13-14-10-8-9-11-15(14)17(19(5,6)7)12-16(13)18(2,3)4;1-12(2)16-11-17(18(4,5)6)13(3)14-9-7-8-10-15(14)16;1-11-10-15(16(3,4)5)12(2)14-9-7-6-8-13(11)14;1-11-13-8-6-5-7-12(13)9-10-14(11)15(2,3)4/h8-12H,1-7H3;7-12H,1-6H3;6-10H,1-5H3;5-10H,1-4H3. The first-order valence-corrected chi connectivity index (χ1v) is 25.4. The average molecular weight is 905 g/mol. The molecule has 0 aliphatic heterocycles. The smallest absolute Gasteiger partial charge is 0.0126 e. The molecule has 0 radical (unpaired) electrons. The number of benzene rings is 8. The van der Waals surface area contributed by atoms with Gasteiger partial charge in [-0.25, -0.2) is 0 Å². The Morgan fingerprint density at radius 1 is 0.279 bits per heavy atom. The van der Waals surface area contributed by atoms with E-state index in [1.165, 1.54) is 104 Å². The first kappa shape index (κ1) is 53.8. The molecule has 0 saturated carbocycles. The summed E-state index contributed by atoms with van der Waals surface area (Å²) in [6, 6.07) is 46.6. The molecule has 8 rings (SSSR count). The van der Waals surface area contributed by atoms with Crippen molar-refractivity contribution in [1.29, 1.82) is 0 Å². The number of aryl methyl sites for hydroxylation is 5. The molecule has 0 fully saturated rings. The largest absolute Gasteiger partial charge is 0.0616 e. The Kier molecular flexibility index (Phi) is 16.1. The van der Waals surface area contributed by atoms with Crippen molar-refractivity contribution in [3.05, 3.63) is 189 Å². The maximum Gasteiger partial charge on any atom is -0.0126 e. The fourth-order valence-electron chi connectivity index (χ4n) is 10.4. The van der Waals surface area contributed by atoms with E-state index in [-0.39, 0.29) is 27.1 Å². The van der Waals surface area contributed by atoms with Gasteiger partial charge in [-0.2, -0.15) is 0 Å². The van der Waals surface area contributed by atoms with Gasteiger partial charge in [-0.3, -0.25) is 0 Å². The molecule has 0 saturated heterocycles. The van der Waals surface area contributed by atoms with Crippen LogP contribution >= 0.6 is 0 Å². The van der Waals surface area contributed by atoms with Gasteiger partial charge in [0.25, 0.3) is 0 Å². The van der Waals surface area contributed by atoms with Gasteiger partial charge in [0.1, 0.15) is 0 Å². The van der Waals surface area contributed by atoms with Crippen molar-refractivity contribution >= 4 is 43.1 Å². The van der Waals surface area contributed by atoms with Gasteiger partial charge >= 0.3 is 0 Å². The zero-order valence-corrected chi connectivity index (χ0v) is 46.7. The molecule has 0 nitrogen and oxygen atoms in total. The first-order valence-electron chi connectivity index (χ1n) is 25.4. The van der Waals surface area contributed by atoms with Gasteiger partial charge in [-0.05, 0) is 172 Å². The van der Waals surface area contributed by atoms with Gasteiger partial charge in [0.15, 0.2) is 0 Å². The minimum absolute atomic E-state index is 0.174. The second-order valence-electron chi connectivity index (χ2n) is 25.1. The molecular weight excluding hydrogens is 817 g/mol. The SMILES string of the molecule is Cc1c(C(C)(C)C)cc(C(C)(C)C)c2ccccc12.Cc1c(C(C)(C)C)cc(C(C)C)c2ccccc12.Cc1c(C(C)(C)C)ccc2ccccc12.Cc1cc(C(C)(C)C)c(C)c2ccccc12. The van der Waals surface area contributed by atoms with Crippen molar-refractivity contribution in [2.45, 2.75) is 185 Å². The molecule has 0 N–H and O–H groups in total. The van der Waals surface area contributed by atoms with Crippen LogP contribution in [0, 0.1) is 34.6 Å². The van der Waals surface area contributed by atoms with Gasteiger partial charge in [0.2, 0.25) is 0 Å². The minimum Gasteiger partial charge on any atom is -0.0616 e. The summed E-state index contributed by atoms with van der Waals surface area (Å²) in [4.78, 5) is 0. The molecule has 0 unspecified atom stereocenters. The molecule has 0 atom stereocenters. The van der Waals surface area contributed by atoms with Crippen molar-refractivity contribution in [3.8, 4) is 0 Å². The van der Waals surface area contributed by atoms with E-state index < -0.39 is 0 Å². The molecule has 0 heteroatoms. The van der Waals surface area contributed by atoms with E-state index in [2.05, 4.69) is 280 Å². The Balaban J connectivity index is 0.000000170. The van der Waals surface area contributed by atoms with Crippen LogP contribution < -0.4 is 0 Å². The fraction of sp³-hybridized carbons (Fsp3) is 0.412. The van der Waals surface area contributed by atoms with Crippen molar-refractivity contribution in [3.63, 3.8) is 0 Å². The van der Waals surface area contributed by atoms with Crippen molar-refractivity contribution in [2.24, 2.45) is 0 Å². The van der Waals surface area contributed by atoms with Crippen LogP contribution in [0.25, 0.3) is 43.1 Å². The Hall–Kier alpha value is -5.20. The van der Waals surface area contributed by atoms with Gasteiger partial charge < -0.3 is 0 Å². The molecule has 8 aromatic carbocycles. The van der Waals surface area contributed by atoms with Crippen molar-refractivity contribution < 1.29 is 0 Å². The quantitative estimate of drug-likeness (QED) is 0.154. The first-order chi connectivity index (χ1) is 31.4. The molecule has 8 aromatic rings. The zero-order valence-electron chi connectivity index (χ0n) is 46.7. The van der Waals surface area contributed by atoms with Crippen molar-refractivity contribution in [1.82, 2.24) is 0 Å². The van der Waals surface area contributed by atoms with E-state index >= 15 is 0 Å². The van der Waals surface area contributed by atoms with Crippen LogP contribution in [0.2, 0.25) is 0 Å². The van der Waals surface area contributed by atoms with Crippen LogP contribution in [-0.4, -0.2) is 0 Å². The van der Waals surface area contributed by atoms with Crippen LogP contribution in [-0.2, 0) is 27.1 Å². The predicted molar refractivity (Wildman–Crippen MR) is 307 cm³/mol. The lowest BCUT2D eigenvalue weighted by atomic mass is 9.76. The Labute approximate surface area is 415 Å². The van der Waals surface area contributed by atoms with E-state index in [0.29, 0.717) is 5.92 Å². The lowest BCUT2D eigenvalue weighted by molar-refractivity contribution is 0.570. The molecule has 0 aliphatic carbocycles. The highest BCUT2D eigenvalue weighted by Crippen LogP contribution is 2.39. The third kappa shape index (κ3) is 12.1. The second-order valence-corrected chi connectivity index (χ2v) is 25.1. The van der Waals surface area contributed by atoms with Crippen LogP contribution in [0.4, 0.5) is 0 Å². The van der Waals surface area contributed by atoms with Crippen LogP contribution in [0.3, 0.4) is 0 Å². The predicted octanol–water partition coefficient (Wildman–Crippen LogP) is 20.5. The van der Waals surface area contributed by atoms with Crippen LogP contribution in [0.5, 0.6) is 0 Å². The highest BCUT2D eigenvalue weighted by atomic mass is 14.3. The number of hydrogen-bond acceptors (Lipinski definition) is 0. The minimum atomic E-state index is 0.174. The third-order valence-electron chi connectivity index (χ3n) is 14.0. The summed E-state index contributed by atoms with van der Waals surface area (Å²) in [5.74, 6) is 0.566. The Bertz CT molecular complexity index is 3020. The Morgan fingerprint density at radius 2 is 0.603 bits per heavy atom. The highest BCUT2D eigenvalue weighted by molar-refractivity contribution is 5.92. The van der Waals surface area contributed by atoms with Crippen LogP contribution in [0.15, 0.2) is 127 Å². The maximum atomic E-state index is 2.43. The zero-order chi connectivity index (χ0) is 50.9. The van der Waals surface area contributed by atoms with Gasteiger partial charge in [-0.1, -0.05) is 245 Å². The summed E-state index contributed by atoms with van der Waals surface area (Å²) < 4.78 is 0. The van der Waals surface area contributed by atoms with Crippen molar-refractivity contribution in [2.75, 3.05) is 0 Å². The third-order valence-corrected chi connectivity index (χ3v) is 14.0. The summed E-state index contributed by atoms with van der Waals surface area (Å²) in [6.45, 7) is 50.1. The highest BCUT2D eigenvalue weighted by Gasteiger charge is 2.25. The average Bonchev–Trinajstić information content (AvgIpc) is 3.24. The van der Waals surface area contributed by atoms with E-state index in [1.54, 1.807) is 0 Å². The maximum absolute atomic E-state index is 2.43. The summed E-state index contributed by atoms with van der Waals surface area (Å²) in [7, 11) is 0. The molecular formula is C68H88. The van der Waals surface area contributed by atoms with Gasteiger partial charge in [-0.15, -0.1) is 0 Å². The molecule has 0 bridgehead atoms. The molecule has 360 valence electrons. The molecule has 0 amide bonds. The van der Waals surface area contributed by atoms with Gasteiger partial charge in [0.05, 0.1) is 0 Å². The van der Waals surface area contributed by atoms with E-state index in [4.69, 9.17) is 0 Å². The molecule has 0 aliphatic rings. The molecule has 0 heterocycles. The normalized spacial score (nSPS) is 12.4. The number of fused-ring (bicyclic) bond motifs is 4. The molecule has 68 heavy (non-hydrogen) atoms. The summed E-state index contributed by atoms with van der Waals surface area (Å²) in [6.07, 6.45) is 0. The molecule has 0 aromatic heterocycles. The Morgan fingerprint density at radius 3 is 1.04 bits per heavy atom. The lowest BCUT2D eigenvalue weighted by Crippen LogP contribution is -2.18. The number of rotatable bonds is 1. The van der Waals surface area contributed by atoms with E-state index in [9.17, 15) is 0 Å².